The van der Waals surface area contributed by atoms with Crippen molar-refractivity contribution in [1.82, 2.24) is 8.87 Å². The minimum atomic E-state index is -3.66. The van der Waals surface area contributed by atoms with E-state index in [1.54, 1.807) is 0 Å². The lowest BCUT2D eigenvalue weighted by molar-refractivity contribution is -0.141. The number of benzene rings is 1. The molecule has 0 aliphatic carbocycles. The zero-order chi connectivity index (χ0) is 17.9. The fraction of sp³-hybridized carbons (Fsp3) is 0.467. The molecule has 0 aliphatic rings. The fourth-order valence-corrected chi connectivity index (χ4v) is 3.46. The summed E-state index contributed by atoms with van der Waals surface area (Å²) >= 11 is 0. The third kappa shape index (κ3) is 3.51. The number of ether oxygens (including phenoxy) is 1. The van der Waals surface area contributed by atoms with Gasteiger partial charge in [0.25, 0.3) is 0 Å². The van der Waals surface area contributed by atoms with E-state index in [0.29, 0.717) is 12.1 Å². The third-order valence-electron chi connectivity index (χ3n) is 3.69. The van der Waals surface area contributed by atoms with E-state index in [4.69, 9.17) is 4.42 Å². The predicted octanol–water partition coefficient (Wildman–Crippen LogP) is 1.19. The summed E-state index contributed by atoms with van der Waals surface area (Å²) in [6.07, 6.45) is 1.63. The Bertz CT molecular complexity index is 896. The van der Waals surface area contributed by atoms with Crippen LogP contribution in [0.4, 0.5) is 0 Å². The number of hydrogen-bond acceptors (Lipinski definition) is 6. The first-order valence-electron chi connectivity index (χ1n) is 7.47. The van der Waals surface area contributed by atoms with Gasteiger partial charge in [-0.15, -0.1) is 0 Å². The van der Waals surface area contributed by atoms with Gasteiger partial charge >= 0.3 is 11.7 Å². The molecule has 0 amide bonds. The van der Waals surface area contributed by atoms with E-state index in [2.05, 4.69) is 4.74 Å². The number of rotatable bonds is 7. The lowest BCUT2D eigenvalue weighted by Crippen LogP contribution is -2.27. The van der Waals surface area contributed by atoms with Gasteiger partial charge in [0.2, 0.25) is 10.0 Å². The molecule has 1 aromatic carbocycles. The van der Waals surface area contributed by atoms with Gasteiger partial charge in [0.05, 0.1) is 17.5 Å². The van der Waals surface area contributed by atoms with Crippen molar-refractivity contribution < 1.29 is 22.4 Å². The molecule has 0 unspecified atom stereocenters. The van der Waals surface area contributed by atoms with E-state index >= 15 is 0 Å². The zero-order valence-corrected chi connectivity index (χ0v) is 14.6. The van der Waals surface area contributed by atoms with E-state index in [0.717, 1.165) is 17.4 Å². The molecule has 0 saturated heterocycles. The Morgan fingerprint density at radius 3 is 2.71 bits per heavy atom. The number of fused-ring (bicyclic) bond motifs is 1. The maximum Gasteiger partial charge on any atom is 0.420 e. The van der Waals surface area contributed by atoms with Gasteiger partial charge < -0.3 is 9.15 Å². The lowest BCUT2D eigenvalue weighted by atomic mass is 10.3. The highest BCUT2D eigenvalue weighted by Crippen LogP contribution is 2.21. The van der Waals surface area contributed by atoms with Gasteiger partial charge in [-0.25, -0.2) is 17.5 Å². The SMILES string of the molecule is CCCCN(C)S(=O)(=O)c1ccc2c(c1)oc(=O)n2CC(=O)OC. The Morgan fingerprint density at radius 2 is 2.08 bits per heavy atom. The average Bonchev–Trinajstić information content (AvgIpc) is 2.87. The first-order valence-corrected chi connectivity index (χ1v) is 8.91. The molecule has 2 rings (SSSR count). The molecule has 9 heteroatoms. The van der Waals surface area contributed by atoms with Crippen LogP contribution in [0.3, 0.4) is 0 Å². The second-order valence-corrected chi connectivity index (χ2v) is 7.38. The second-order valence-electron chi connectivity index (χ2n) is 5.34. The molecule has 0 spiro atoms. The van der Waals surface area contributed by atoms with Crippen LogP contribution in [-0.2, 0) is 26.1 Å². The number of carbonyl (C=O) groups excluding carboxylic acids is 1. The summed E-state index contributed by atoms with van der Waals surface area (Å²) in [6.45, 7) is 2.08. The van der Waals surface area contributed by atoms with Crippen LogP contribution in [0.15, 0.2) is 32.3 Å². The Morgan fingerprint density at radius 1 is 1.38 bits per heavy atom. The number of methoxy groups -OCH3 is 1. The van der Waals surface area contributed by atoms with Crippen molar-refractivity contribution in [3.63, 3.8) is 0 Å². The van der Waals surface area contributed by atoms with E-state index in [1.807, 2.05) is 6.92 Å². The topological polar surface area (TPSA) is 98.8 Å². The molecule has 1 heterocycles. The summed E-state index contributed by atoms with van der Waals surface area (Å²) in [5.41, 5.74) is 0.439. The molecule has 132 valence electrons. The third-order valence-corrected chi connectivity index (χ3v) is 5.54. The molecule has 24 heavy (non-hydrogen) atoms. The number of sulfonamides is 1. The van der Waals surface area contributed by atoms with Crippen LogP contribution >= 0.6 is 0 Å². The van der Waals surface area contributed by atoms with E-state index in [-0.39, 0.29) is 17.0 Å². The van der Waals surface area contributed by atoms with Gasteiger partial charge in [-0.2, -0.15) is 0 Å². The van der Waals surface area contributed by atoms with Crippen molar-refractivity contribution in [1.29, 1.82) is 0 Å². The minimum Gasteiger partial charge on any atom is -0.468 e. The molecule has 0 N–H and O–H groups in total. The van der Waals surface area contributed by atoms with Crippen LogP contribution in [-0.4, -0.2) is 44.0 Å². The Balaban J connectivity index is 2.42. The molecule has 0 bridgehead atoms. The molecule has 0 aliphatic heterocycles. The number of carbonyl (C=O) groups is 1. The predicted molar refractivity (Wildman–Crippen MR) is 87.2 cm³/mol. The number of unbranched alkanes of at least 4 members (excludes halogenated alkanes) is 1. The summed E-state index contributed by atoms with van der Waals surface area (Å²) in [5.74, 6) is -1.35. The Labute approximate surface area is 139 Å². The molecule has 0 saturated carbocycles. The molecule has 2 aromatic rings. The van der Waals surface area contributed by atoms with Gasteiger partial charge in [0.15, 0.2) is 5.58 Å². The Kier molecular flexibility index (Phi) is 5.45. The van der Waals surface area contributed by atoms with Crippen LogP contribution in [0.25, 0.3) is 11.1 Å². The van der Waals surface area contributed by atoms with Crippen LogP contribution in [0, 0.1) is 0 Å². The van der Waals surface area contributed by atoms with Gasteiger partial charge in [0.1, 0.15) is 6.54 Å². The average molecular weight is 356 g/mol. The maximum absolute atomic E-state index is 12.5. The van der Waals surface area contributed by atoms with E-state index in [1.165, 1.54) is 36.7 Å². The molecular formula is C15H20N2O6S. The smallest absolute Gasteiger partial charge is 0.420 e. The van der Waals surface area contributed by atoms with E-state index < -0.39 is 21.7 Å². The highest BCUT2D eigenvalue weighted by atomic mass is 32.2. The standard InChI is InChI=1S/C15H20N2O6S/c1-4-5-8-16(2)24(20,21)11-6-7-12-13(9-11)23-15(19)17(12)10-14(18)22-3/h6-7,9H,4-5,8,10H2,1-3H3. The molecular weight excluding hydrogens is 336 g/mol. The van der Waals surface area contributed by atoms with Crippen molar-refractivity contribution >= 4 is 27.1 Å². The number of esters is 1. The minimum absolute atomic E-state index is 0.0348. The van der Waals surface area contributed by atoms with Gasteiger partial charge in [-0.3, -0.25) is 9.36 Å². The summed E-state index contributed by atoms with van der Waals surface area (Å²) in [7, 11) is -0.941. The second kappa shape index (κ2) is 7.18. The van der Waals surface area contributed by atoms with Crippen LogP contribution in [0.1, 0.15) is 19.8 Å². The van der Waals surface area contributed by atoms with Crippen molar-refractivity contribution in [3.05, 3.63) is 28.7 Å². The molecule has 0 atom stereocenters. The summed E-state index contributed by atoms with van der Waals surface area (Å²) in [4.78, 5) is 23.3. The first-order chi connectivity index (χ1) is 11.3. The zero-order valence-electron chi connectivity index (χ0n) is 13.8. The monoisotopic (exact) mass is 356 g/mol. The maximum atomic E-state index is 12.5. The molecule has 8 nitrogen and oxygen atoms in total. The molecule has 1 aromatic heterocycles. The Hall–Kier alpha value is -2.13. The number of aromatic nitrogens is 1. The highest BCUT2D eigenvalue weighted by molar-refractivity contribution is 7.89. The van der Waals surface area contributed by atoms with Crippen molar-refractivity contribution in [2.75, 3.05) is 20.7 Å². The number of oxazole rings is 1. The number of hydrogen-bond donors (Lipinski definition) is 0. The van der Waals surface area contributed by atoms with E-state index in [9.17, 15) is 18.0 Å². The van der Waals surface area contributed by atoms with Gasteiger partial charge in [0, 0.05) is 19.7 Å². The van der Waals surface area contributed by atoms with Crippen LogP contribution in [0.2, 0.25) is 0 Å². The molecule has 0 fully saturated rings. The van der Waals surface area contributed by atoms with Gasteiger partial charge in [-0.05, 0) is 18.6 Å². The lowest BCUT2D eigenvalue weighted by Gasteiger charge is -2.16. The number of nitrogens with zero attached hydrogens (tertiary/aromatic N) is 2. The van der Waals surface area contributed by atoms with Crippen LogP contribution in [0.5, 0.6) is 0 Å². The molecule has 0 radical (unpaired) electrons. The van der Waals surface area contributed by atoms with Crippen LogP contribution < -0.4 is 5.76 Å². The van der Waals surface area contributed by atoms with Crippen molar-refractivity contribution in [2.45, 2.75) is 31.2 Å². The summed E-state index contributed by atoms with van der Waals surface area (Å²) < 4.78 is 37.0. The summed E-state index contributed by atoms with van der Waals surface area (Å²) in [6, 6.07) is 4.13. The summed E-state index contributed by atoms with van der Waals surface area (Å²) in [5, 5.41) is 0. The van der Waals surface area contributed by atoms with Gasteiger partial charge in [-0.1, -0.05) is 13.3 Å². The first kappa shape index (κ1) is 18.2. The fourth-order valence-electron chi connectivity index (χ4n) is 2.23. The quantitative estimate of drug-likeness (QED) is 0.691. The highest BCUT2D eigenvalue weighted by Gasteiger charge is 2.22. The largest absolute Gasteiger partial charge is 0.468 e. The normalized spacial score (nSPS) is 12.0. The van der Waals surface area contributed by atoms with Crippen molar-refractivity contribution in [2.24, 2.45) is 0 Å². The van der Waals surface area contributed by atoms with Crippen molar-refractivity contribution in [3.8, 4) is 0 Å².